The average molecular weight is 293 g/mol. The highest BCUT2D eigenvalue weighted by atomic mass is 32.2. The molecule has 2 rings (SSSR count). The Morgan fingerprint density at radius 1 is 1.25 bits per heavy atom. The highest BCUT2D eigenvalue weighted by molar-refractivity contribution is 8.00. The summed E-state index contributed by atoms with van der Waals surface area (Å²) in [7, 11) is 0. The molecule has 0 unspecified atom stereocenters. The van der Waals surface area contributed by atoms with E-state index in [4.69, 9.17) is 0 Å². The quantitative estimate of drug-likeness (QED) is 0.685. The zero-order chi connectivity index (χ0) is 14.5. The van der Waals surface area contributed by atoms with Gasteiger partial charge in [0.1, 0.15) is 0 Å². The van der Waals surface area contributed by atoms with E-state index in [0.29, 0.717) is 11.2 Å². The first-order valence-electron chi connectivity index (χ1n) is 7.34. The zero-order valence-corrected chi connectivity index (χ0v) is 13.3. The maximum Gasteiger partial charge on any atom is 0.233 e. The van der Waals surface area contributed by atoms with Gasteiger partial charge < -0.3 is 5.32 Å². The Balaban J connectivity index is 1.89. The number of carbonyl (C=O) groups excluding carboxylic acids is 1. The molecule has 0 aliphatic heterocycles. The summed E-state index contributed by atoms with van der Waals surface area (Å²) in [6.07, 6.45) is 5.98. The van der Waals surface area contributed by atoms with Gasteiger partial charge in [-0.05, 0) is 39.7 Å². The average Bonchev–Trinajstić information content (AvgIpc) is 2.38. The van der Waals surface area contributed by atoms with E-state index in [9.17, 15) is 4.79 Å². The van der Waals surface area contributed by atoms with Crippen LogP contribution in [-0.4, -0.2) is 27.2 Å². The van der Waals surface area contributed by atoms with Gasteiger partial charge in [-0.3, -0.25) is 4.79 Å². The topological polar surface area (TPSA) is 54.9 Å². The van der Waals surface area contributed by atoms with E-state index in [-0.39, 0.29) is 11.2 Å². The molecule has 1 aromatic heterocycles. The van der Waals surface area contributed by atoms with Crippen molar-refractivity contribution in [3.05, 3.63) is 17.5 Å². The maximum atomic E-state index is 12.2. The van der Waals surface area contributed by atoms with Crippen molar-refractivity contribution in [2.24, 2.45) is 0 Å². The standard InChI is InChI=1S/C15H23N3OS/c1-10-9-11(2)17-15(16-10)20-12(3)14(19)18-13-7-5-4-6-8-13/h9,12-13H,4-8H2,1-3H3,(H,18,19)/t12-/m1/s1. The molecule has 1 aromatic rings. The summed E-state index contributed by atoms with van der Waals surface area (Å²) in [6.45, 7) is 5.82. The second-order valence-electron chi connectivity index (χ2n) is 5.54. The van der Waals surface area contributed by atoms with Crippen molar-refractivity contribution in [1.29, 1.82) is 0 Å². The van der Waals surface area contributed by atoms with Gasteiger partial charge in [-0.1, -0.05) is 31.0 Å². The Labute approximate surface area is 125 Å². The Hall–Kier alpha value is -1.10. The summed E-state index contributed by atoms with van der Waals surface area (Å²) in [5, 5.41) is 3.69. The Morgan fingerprint density at radius 2 is 1.85 bits per heavy atom. The van der Waals surface area contributed by atoms with Crippen LogP contribution >= 0.6 is 11.8 Å². The van der Waals surface area contributed by atoms with Gasteiger partial charge >= 0.3 is 0 Å². The monoisotopic (exact) mass is 293 g/mol. The first-order valence-corrected chi connectivity index (χ1v) is 8.22. The van der Waals surface area contributed by atoms with Crippen molar-refractivity contribution in [2.45, 2.75) is 69.3 Å². The number of nitrogens with zero attached hydrogens (tertiary/aromatic N) is 2. The first-order chi connectivity index (χ1) is 9.54. The van der Waals surface area contributed by atoms with Crippen LogP contribution in [0.5, 0.6) is 0 Å². The summed E-state index contributed by atoms with van der Waals surface area (Å²) in [4.78, 5) is 20.9. The lowest BCUT2D eigenvalue weighted by Gasteiger charge is -2.24. The molecule has 1 aliphatic rings. The number of hydrogen-bond donors (Lipinski definition) is 1. The van der Waals surface area contributed by atoms with Crippen molar-refractivity contribution in [1.82, 2.24) is 15.3 Å². The predicted molar refractivity (Wildman–Crippen MR) is 81.8 cm³/mol. The van der Waals surface area contributed by atoms with Crippen LogP contribution in [0.3, 0.4) is 0 Å². The van der Waals surface area contributed by atoms with Gasteiger partial charge in [0.25, 0.3) is 0 Å². The lowest BCUT2D eigenvalue weighted by Crippen LogP contribution is -2.40. The third kappa shape index (κ3) is 4.47. The molecule has 5 heteroatoms. The molecule has 0 bridgehead atoms. The van der Waals surface area contributed by atoms with E-state index >= 15 is 0 Å². The lowest BCUT2D eigenvalue weighted by atomic mass is 9.95. The number of amides is 1. The van der Waals surface area contributed by atoms with Crippen molar-refractivity contribution >= 4 is 17.7 Å². The Bertz CT molecular complexity index is 452. The minimum atomic E-state index is -0.155. The highest BCUT2D eigenvalue weighted by Crippen LogP contribution is 2.22. The molecule has 1 saturated carbocycles. The van der Waals surface area contributed by atoms with Crippen LogP contribution in [0.15, 0.2) is 11.2 Å². The minimum Gasteiger partial charge on any atom is -0.352 e. The van der Waals surface area contributed by atoms with Crippen LogP contribution in [0.4, 0.5) is 0 Å². The number of aromatic nitrogens is 2. The number of rotatable bonds is 4. The number of thioether (sulfide) groups is 1. The molecule has 0 spiro atoms. The normalized spacial score (nSPS) is 17.8. The second-order valence-corrected chi connectivity index (χ2v) is 6.84. The van der Waals surface area contributed by atoms with E-state index in [2.05, 4.69) is 15.3 Å². The molecule has 20 heavy (non-hydrogen) atoms. The minimum absolute atomic E-state index is 0.102. The molecule has 0 radical (unpaired) electrons. The smallest absolute Gasteiger partial charge is 0.233 e. The van der Waals surface area contributed by atoms with Gasteiger partial charge in [0.15, 0.2) is 5.16 Å². The molecule has 1 N–H and O–H groups in total. The summed E-state index contributed by atoms with van der Waals surface area (Å²) in [6, 6.07) is 2.30. The van der Waals surface area contributed by atoms with Gasteiger partial charge in [-0.15, -0.1) is 0 Å². The summed E-state index contributed by atoms with van der Waals surface area (Å²) >= 11 is 1.43. The van der Waals surface area contributed by atoms with Crippen LogP contribution in [-0.2, 0) is 4.79 Å². The predicted octanol–water partition coefficient (Wildman–Crippen LogP) is 3.02. The van der Waals surface area contributed by atoms with Gasteiger partial charge in [0.2, 0.25) is 5.91 Å². The molecule has 0 saturated heterocycles. The number of nitrogens with one attached hydrogen (secondary N) is 1. The molecule has 110 valence electrons. The fraction of sp³-hybridized carbons (Fsp3) is 0.667. The van der Waals surface area contributed by atoms with E-state index in [1.807, 2.05) is 26.8 Å². The molecule has 1 heterocycles. The summed E-state index contributed by atoms with van der Waals surface area (Å²) in [5.74, 6) is 0.102. The molecule has 1 fully saturated rings. The van der Waals surface area contributed by atoms with Crippen molar-refractivity contribution < 1.29 is 4.79 Å². The third-order valence-electron chi connectivity index (χ3n) is 3.56. The van der Waals surface area contributed by atoms with Crippen LogP contribution in [0.2, 0.25) is 0 Å². The highest BCUT2D eigenvalue weighted by Gasteiger charge is 2.21. The van der Waals surface area contributed by atoms with Gasteiger partial charge in [-0.2, -0.15) is 0 Å². The fourth-order valence-electron chi connectivity index (χ4n) is 2.52. The Morgan fingerprint density at radius 3 is 2.45 bits per heavy atom. The summed E-state index contributed by atoms with van der Waals surface area (Å²) in [5.41, 5.74) is 1.89. The Kier molecular flexibility index (Phi) is 5.40. The molecular formula is C15H23N3OS. The molecule has 4 nitrogen and oxygen atoms in total. The molecule has 1 atom stereocenters. The van der Waals surface area contributed by atoms with Gasteiger partial charge in [0.05, 0.1) is 5.25 Å². The molecule has 0 aromatic carbocycles. The van der Waals surface area contributed by atoms with Crippen molar-refractivity contribution in [2.75, 3.05) is 0 Å². The van der Waals surface area contributed by atoms with Gasteiger partial charge in [0, 0.05) is 17.4 Å². The molecule has 1 aliphatic carbocycles. The number of hydrogen-bond acceptors (Lipinski definition) is 4. The second kappa shape index (κ2) is 7.07. The van der Waals surface area contributed by atoms with E-state index < -0.39 is 0 Å². The lowest BCUT2D eigenvalue weighted by molar-refractivity contribution is -0.121. The number of carbonyl (C=O) groups is 1. The summed E-state index contributed by atoms with van der Waals surface area (Å²) < 4.78 is 0. The van der Waals surface area contributed by atoms with Crippen LogP contribution in [0.1, 0.15) is 50.4 Å². The van der Waals surface area contributed by atoms with Gasteiger partial charge in [-0.25, -0.2) is 9.97 Å². The van der Waals surface area contributed by atoms with Crippen LogP contribution < -0.4 is 5.32 Å². The fourth-order valence-corrected chi connectivity index (χ4v) is 3.41. The SMILES string of the molecule is Cc1cc(C)nc(S[C@H](C)C(=O)NC2CCCCC2)n1. The van der Waals surface area contributed by atoms with Crippen molar-refractivity contribution in [3.63, 3.8) is 0 Å². The van der Waals surface area contributed by atoms with Crippen LogP contribution in [0, 0.1) is 13.8 Å². The van der Waals surface area contributed by atoms with E-state index in [1.54, 1.807) is 0 Å². The van der Waals surface area contributed by atoms with Crippen LogP contribution in [0.25, 0.3) is 0 Å². The number of aryl methyl sites for hydroxylation is 2. The third-order valence-corrected chi connectivity index (χ3v) is 4.53. The maximum absolute atomic E-state index is 12.2. The van der Waals surface area contributed by atoms with Crippen molar-refractivity contribution in [3.8, 4) is 0 Å². The molecular weight excluding hydrogens is 270 g/mol. The van der Waals surface area contributed by atoms with E-state index in [1.165, 1.54) is 31.0 Å². The first kappa shape index (κ1) is 15.3. The largest absolute Gasteiger partial charge is 0.352 e. The molecule has 1 amide bonds. The van der Waals surface area contributed by atoms with E-state index in [0.717, 1.165) is 24.2 Å². The zero-order valence-electron chi connectivity index (χ0n) is 12.5.